The van der Waals surface area contributed by atoms with E-state index in [1.807, 2.05) is 36.1 Å². The molecule has 0 aliphatic carbocycles. The molecule has 1 N–H and O–H groups in total. The summed E-state index contributed by atoms with van der Waals surface area (Å²) in [5.74, 6) is 1.87. The highest BCUT2D eigenvalue weighted by molar-refractivity contribution is 5.76. The summed E-state index contributed by atoms with van der Waals surface area (Å²) in [6, 6.07) is 12.4. The van der Waals surface area contributed by atoms with E-state index in [1.54, 1.807) is 0 Å². The van der Waals surface area contributed by atoms with Gasteiger partial charge in [-0.2, -0.15) is 5.10 Å². The molecule has 156 valence electrons. The van der Waals surface area contributed by atoms with Crippen LogP contribution in [0.25, 0.3) is 11.1 Å². The zero-order valence-electron chi connectivity index (χ0n) is 17.3. The summed E-state index contributed by atoms with van der Waals surface area (Å²) >= 11 is 0. The van der Waals surface area contributed by atoms with Gasteiger partial charge >= 0.3 is 0 Å². The van der Waals surface area contributed by atoms with Crippen LogP contribution in [0.4, 0.5) is 5.82 Å². The molecule has 0 radical (unpaired) electrons. The number of nitrogens with one attached hydrogen (secondary N) is 1. The van der Waals surface area contributed by atoms with Crippen LogP contribution in [0, 0.1) is 0 Å². The van der Waals surface area contributed by atoms with Crippen LogP contribution in [0.2, 0.25) is 0 Å². The molecule has 1 fully saturated rings. The third-order valence-electron chi connectivity index (χ3n) is 5.84. The Hall–Kier alpha value is -2.90. The second-order valence-corrected chi connectivity index (χ2v) is 7.71. The Morgan fingerprint density at radius 2 is 1.97 bits per heavy atom. The summed E-state index contributed by atoms with van der Waals surface area (Å²) in [6.07, 6.45) is 2.86. The number of rotatable bonds is 5. The number of benzene rings is 1. The molecule has 1 aromatic carbocycles. The van der Waals surface area contributed by atoms with Gasteiger partial charge in [0.1, 0.15) is 23.9 Å². The molecule has 7 nitrogen and oxygen atoms in total. The first-order valence-corrected chi connectivity index (χ1v) is 10.5. The maximum absolute atomic E-state index is 6.07. The van der Waals surface area contributed by atoms with Crippen LogP contribution >= 0.6 is 0 Å². The fourth-order valence-electron chi connectivity index (χ4n) is 4.24. The number of hydrogen-bond acceptors (Lipinski definition) is 6. The topological polar surface area (TPSA) is 64.4 Å². The molecule has 0 unspecified atom stereocenters. The quantitative estimate of drug-likeness (QED) is 0.704. The predicted molar refractivity (Wildman–Crippen MR) is 116 cm³/mol. The van der Waals surface area contributed by atoms with Gasteiger partial charge in [-0.05, 0) is 42.8 Å². The number of nitrogens with zero attached hydrogens (tertiary/aromatic N) is 4. The first-order valence-electron chi connectivity index (χ1n) is 10.5. The van der Waals surface area contributed by atoms with E-state index in [9.17, 15) is 0 Å². The number of morpholine rings is 1. The fourth-order valence-corrected chi connectivity index (χ4v) is 4.24. The van der Waals surface area contributed by atoms with Gasteiger partial charge in [-0.25, -0.2) is 4.98 Å². The third-order valence-corrected chi connectivity index (χ3v) is 5.84. The lowest BCUT2D eigenvalue weighted by atomic mass is 10.1. The Balaban J connectivity index is 1.31. The van der Waals surface area contributed by atoms with Gasteiger partial charge in [0, 0.05) is 44.0 Å². The molecule has 2 aliphatic rings. The van der Waals surface area contributed by atoms with Crippen LogP contribution in [0.1, 0.15) is 17.0 Å². The number of aryl methyl sites for hydroxylation is 1. The molecule has 7 heteroatoms. The van der Waals surface area contributed by atoms with Crippen LogP contribution in [0.15, 0.2) is 42.6 Å². The van der Waals surface area contributed by atoms with Crippen molar-refractivity contribution in [3.05, 3.63) is 59.5 Å². The van der Waals surface area contributed by atoms with Crippen molar-refractivity contribution in [3.8, 4) is 16.9 Å². The van der Waals surface area contributed by atoms with Crippen LogP contribution < -0.4 is 15.0 Å². The minimum atomic E-state index is 0.494. The van der Waals surface area contributed by atoms with Gasteiger partial charge in [0.2, 0.25) is 0 Å². The summed E-state index contributed by atoms with van der Waals surface area (Å²) in [4.78, 5) is 6.94. The van der Waals surface area contributed by atoms with Crippen LogP contribution in [0.5, 0.6) is 5.75 Å². The minimum Gasteiger partial charge on any atom is -0.487 e. The molecule has 4 heterocycles. The Morgan fingerprint density at radius 1 is 1.13 bits per heavy atom. The van der Waals surface area contributed by atoms with E-state index < -0.39 is 0 Å². The first kappa shape index (κ1) is 19.1. The maximum atomic E-state index is 6.07. The lowest BCUT2D eigenvalue weighted by molar-refractivity contribution is 0.122. The Morgan fingerprint density at radius 3 is 2.80 bits per heavy atom. The number of fused-ring (bicyclic) bond motifs is 1. The zero-order valence-corrected chi connectivity index (χ0v) is 17.3. The molecule has 0 saturated carbocycles. The molecule has 3 aromatic rings. The normalized spacial score (nSPS) is 16.4. The molecule has 0 bridgehead atoms. The highest BCUT2D eigenvalue weighted by atomic mass is 16.5. The smallest absolute Gasteiger partial charge is 0.136 e. The standard InChI is InChI=1S/C23H27N5O2/c1-27-22-15-24-10-8-20(22)21(26-27)16-30-18-6-4-17(5-7-18)19-3-2-9-25-23(19)28-11-13-29-14-12-28/h2-7,9,24H,8,10-16H2,1H3. The van der Waals surface area contributed by atoms with Crippen molar-refractivity contribution in [2.24, 2.45) is 7.05 Å². The van der Waals surface area contributed by atoms with E-state index in [0.29, 0.717) is 6.61 Å². The van der Waals surface area contributed by atoms with E-state index in [4.69, 9.17) is 9.47 Å². The van der Waals surface area contributed by atoms with Crippen molar-refractivity contribution in [1.82, 2.24) is 20.1 Å². The summed E-state index contributed by atoms with van der Waals surface area (Å²) in [6.45, 7) is 5.60. The highest BCUT2D eigenvalue weighted by Gasteiger charge is 2.19. The van der Waals surface area contributed by atoms with Crippen molar-refractivity contribution in [1.29, 1.82) is 0 Å². The molecular formula is C23H27N5O2. The monoisotopic (exact) mass is 405 g/mol. The molecule has 0 amide bonds. The van der Waals surface area contributed by atoms with Crippen molar-refractivity contribution < 1.29 is 9.47 Å². The Kier molecular flexibility index (Phi) is 5.38. The van der Waals surface area contributed by atoms with Gasteiger partial charge in [0.25, 0.3) is 0 Å². The minimum absolute atomic E-state index is 0.494. The number of anilines is 1. The average Bonchev–Trinajstić information content (AvgIpc) is 3.14. The van der Waals surface area contributed by atoms with Gasteiger partial charge in [-0.15, -0.1) is 0 Å². The van der Waals surface area contributed by atoms with Crippen molar-refractivity contribution in [2.75, 3.05) is 37.7 Å². The van der Waals surface area contributed by atoms with Crippen LogP contribution in [-0.4, -0.2) is 47.6 Å². The molecule has 0 atom stereocenters. The van der Waals surface area contributed by atoms with E-state index in [0.717, 1.165) is 74.2 Å². The number of aromatic nitrogens is 3. The van der Waals surface area contributed by atoms with Gasteiger partial charge in [-0.1, -0.05) is 12.1 Å². The molecule has 2 aliphatic heterocycles. The summed E-state index contributed by atoms with van der Waals surface area (Å²) in [5, 5.41) is 8.07. The van der Waals surface area contributed by atoms with Crippen molar-refractivity contribution in [2.45, 2.75) is 19.6 Å². The molecule has 1 saturated heterocycles. The van der Waals surface area contributed by atoms with Crippen LogP contribution in [-0.2, 0) is 31.4 Å². The van der Waals surface area contributed by atoms with Crippen LogP contribution in [0.3, 0.4) is 0 Å². The molecule has 30 heavy (non-hydrogen) atoms. The third kappa shape index (κ3) is 3.78. The molecule has 0 spiro atoms. The second-order valence-electron chi connectivity index (χ2n) is 7.71. The maximum Gasteiger partial charge on any atom is 0.136 e. The first-order chi connectivity index (χ1) is 14.8. The average molecular weight is 406 g/mol. The number of ether oxygens (including phenoxy) is 2. The van der Waals surface area contributed by atoms with Gasteiger partial charge in [0.15, 0.2) is 0 Å². The summed E-state index contributed by atoms with van der Waals surface area (Å²) < 4.78 is 13.5. The van der Waals surface area contributed by atoms with Crippen molar-refractivity contribution >= 4 is 5.82 Å². The molecular weight excluding hydrogens is 378 g/mol. The van der Waals surface area contributed by atoms with E-state index >= 15 is 0 Å². The summed E-state index contributed by atoms with van der Waals surface area (Å²) in [5.41, 5.74) is 5.91. The van der Waals surface area contributed by atoms with Gasteiger partial charge in [0.05, 0.1) is 18.9 Å². The number of hydrogen-bond donors (Lipinski definition) is 1. The SMILES string of the molecule is Cn1nc(COc2ccc(-c3cccnc3N3CCOCC3)cc2)c2c1CNCC2. The van der Waals surface area contributed by atoms with Gasteiger partial charge in [-0.3, -0.25) is 4.68 Å². The van der Waals surface area contributed by atoms with Gasteiger partial charge < -0.3 is 19.7 Å². The zero-order chi connectivity index (χ0) is 20.3. The van der Waals surface area contributed by atoms with E-state index in [-0.39, 0.29) is 0 Å². The second kappa shape index (κ2) is 8.45. The Labute approximate surface area is 176 Å². The largest absolute Gasteiger partial charge is 0.487 e. The molecule has 2 aromatic heterocycles. The van der Waals surface area contributed by atoms with Crippen molar-refractivity contribution in [3.63, 3.8) is 0 Å². The lowest BCUT2D eigenvalue weighted by Gasteiger charge is -2.29. The Bertz CT molecular complexity index is 1010. The molecule has 5 rings (SSSR count). The fraction of sp³-hybridized carbons (Fsp3) is 0.391. The summed E-state index contributed by atoms with van der Waals surface area (Å²) in [7, 11) is 2.00. The van der Waals surface area contributed by atoms with E-state index in [1.165, 1.54) is 11.3 Å². The predicted octanol–water partition coefficient (Wildman–Crippen LogP) is 2.54. The highest BCUT2D eigenvalue weighted by Crippen LogP contribution is 2.30. The van der Waals surface area contributed by atoms with E-state index in [2.05, 4.69) is 38.5 Å². The number of pyridine rings is 1. The lowest BCUT2D eigenvalue weighted by Crippen LogP contribution is -2.37.